The van der Waals surface area contributed by atoms with Gasteiger partial charge in [-0.1, -0.05) is 62.1 Å². The lowest BCUT2D eigenvalue weighted by Crippen LogP contribution is -2.23. The molecule has 0 unspecified atom stereocenters. The third-order valence-corrected chi connectivity index (χ3v) is 6.15. The van der Waals surface area contributed by atoms with Gasteiger partial charge >= 0.3 is 0 Å². The van der Waals surface area contributed by atoms with Crippen LogP contribution in [0.4, 0.5) is 0 Å². The fraction of sp³-hybridized carbons (Fsp3) is 0.208. The number of hydrogen-bond acceptors (Lipinski definition) is 3. The number of nitrogens with zero attached hydrogens (tertiary/aromatic N) is 1. The lowest BCUT2D eigenvalue weighted by molar-refractivity contribution is 0.415. The number of benzene rings is 3. The minimum Gasteiger partial charge on any atom is -0.497 e. The van der Waals surface area contributed by atoms with E-state index in [4.69, 9.17) is 14.1 Å². The van der Waals surface area contributed by atoms with Crippen molar-refractivity contribution in [3.63, 3.8) is 0 Å². The average Bonchev–Trinajstić information content (AvgIpc) is 3.09. The summed E-state index contributed by atoms with van der Waals surface area (Å²) in [6.45, 7) is 7.07. The number of hydrogen-bond donors (Lipinski definition) is 0. The molecule has 0 saturated heterocycles. The number of aromatic nitrogens is 1. The van der Waals surface area contributed by atoms with Crippen LogP contribution in [0.1, 0.15) is 5.76 Å². The van der Waals surface area contributed by atoms with Crippen LogP contribution in [0.2, 0.25) is 19.6 Å². The molecule has 142 valence electrons. The van der Waals surface area contributed by atoms with Gasteiger partial charge in [0.2, 0.25) is 5.89 Å². The number of fused-ring (bicyclic) bond motifs is 1. The van der Waals surface area contributed by atoms with Crippen molar-refractivity contribution >= 4 is 18.8 Å². The van der Waals surface area contributed by atoms with Gasteiger partial charge in [0.15, 0.2) is 0 Å². The van der Waals surface area contributed by atoms with Crippen molar-refractivity contribution in [2.24, 2.45) is 0 Å². The van der Waals surface area contributed by atoms with E-state index in [0.717, 1.165) is 34.4 Å². The SMILES string of the molecule is COc1ccc(-c2nc(-c3cccc4ccccc34)c(C[Si](C)(C)C)o2)cc1. The van der Waals surface area contributed by atoms with Crippen LogP contribution in [-0.4, -0.2) is 20.2 Å². The molecule has 0 aliphatic rings. The Balaban J connectivity index is 1.88. The summed E-state index contributed by atoms with van der Waals surface area (Å²) in [7, 11) is 0.286. The molecule has 28 heavy (non-hydrogen) atoms. The normalized spacial score (nSPS) is 11.7. The molecule has 3 nitrogen and oxygen atoms in total. The number of rotatable bonds is 5. The van der Waals surface area contributed by atoms with Gasteiger partial charge in [-0.15, -0.1) is 0 Å². The zero-order chi connectivity index (χ0) is 19.7. The molecule has 0 atom stereocenters. The van der Waals surface area contributed by atoms with Gasteiger partial charge in [-0.05, 0) is 35.0 Å². The van der Waals surface area contributed by atoms with E-state index >= 15 is 0 Å². The average molecular weight is 388 g/mol. The Bertz CT molecular complexity index is 1100. The first-order chi connectivity index (χ1) is 13.4. The third kappa shape index (κ3) is 3.73. The van der Waals surface area contributed by atoms with E-state index in [1.807, 2.05) is 24.3 Å². The predicted octanol–water partition coefficient (Wildman–Crippen LogP) is 6.59. The Kier molecular flexibility index (Phi) is 4.81. The fourth-order valence-electron chi connectivity index (χ4n) is 3.45. The zero-order valence-electron chi connectivity index (χ0n) is 16.8. The van der Waals surface area contributed by atoms with Gasteiger partial charge in [0, 0.05) is 17.2 Å². The first-order valence-corrected chi connectivity index (χ1v) is 13.3. The highest BCUT2D eigenvalue weighted by molar-refractivity contribution is 6.75. The summed E-state index contributed by atoms with van der Waals surface area (Å²) in [5.41, 5.74) is 3.06. The van der Waals surface area contributed by atoms with E-state index in [9.17, 15) is 0 Å². The maximum atomic E-state index is 6.34. The summed E-state index contributed by atoms with van der Waals surface area (Å²) in [4.78, 5) is 4.96. The summed E-state index contributed by atoms with van der Waals surface area (Å²) in [5.74, 6) is 2.48. The predicted molar refractivity (Wildman–Crippen MR) is 118 cm³/mol. The van der Waals surface area contributed by atoms with Gasteiger partial charge in [0.1, 0.15) is 17.2 Å². The Hall–Kier alpha value is -2.85. The van der Waals surface area contributed by atoms with Crippen LogP contribution in [0, 0.1) is 0 Å². The van der Waals surface area contributed by atoms with Crippen LogP contribution in [0.15, 0.2) is 71.1 Å². The summed E-state index contributed by atoms with van der Waals surface area (Å²) in [6.07, 6.45) is 0. The molecule has 0 saturated carbocycles. The van der Waals surface area contributed by atoms with Gasteiger partial charge in [0.05, 0.1) is 15.2 Å². The quantitative estimate of drug-likeness (QED) is 0.362. The lowest BCUT2D eigenvalue weighted by Gasteiger charge is -2.14. The van der Waals surface area contributed by atoms with Crippen LogP contribution >= 0.6 is 0 Å². The van der Waals surface area contributed by atoms with Gasteiger partial charge in [-0.2, -0.15) is 0 Å². The van der Waals surface area contributed by atoms with E-state index in [-0.39, 0.29) is 0 Å². The molecule has 1 aromatic heterocycles. The third-order valence-electron chi connectivity index (χ3n) is 4.77. The highest BCUT2D eigenvalue weighted by Crippen LogP contribution is 2.35. The molecular formula is C24H25NO2Si. The second-order valence-corrected chi connectivity index (χ2v) is 13.8. The van der Waals surface area contributed by atoms with Crippen molar-refractivity contribution in [1.82, 2.24) is 4.98 Å². The van der Waals surface area contributed by atoms with E-state index in [1.54, 1.807) is 7.11 Å². The number of methoxy groups -OCH3 is 1. The largest absolute Gasteiger partial charge is 0.497 e. The molecule has 0 N–H and O–H groups in total. The summed E-state index contributed by atoms with van der Waals surface area (Å²) in [6, 6.07) is 23.7. The van der Waals surface area contributed by atoms with Crippen LogP contribution in [0.5, 0.6) is 5.75 Å². The minimum atomic E-state index is -1.39. The second-order valence-electron chi connectivity index (χ2n) is 8.28. The molecule has 0 amide bonds. The molecule has 4 aromatic rings. The minimum absolute atomic E-state index is 0.666. The Morgan fingerprint density at radius 1 is 0.893 bits per heavy atom. The molecule has 4 rings (SSSR count). The van der Waals surface area contributed by atoms with Crippen molar-refractivity contribution in [1.29, 1.82) is 0 Å². The second kappa shape index (κ2) is 7.28. The first-order valence-electron chi connectivity index (χ1n) is 9.57. The fourth-order valence-corrected chi connectivity index (χ4v) is 4.66. The van der Waals surface area contributed by atoms with Crippen molar-refractivity contribution in [3.05, 3.63) is 72.5 Å². The summed E-state index contributed by atoms with van der Waals surface area (Å²) >= 11 is 0. The van der Waals surface area contributed by atoms with Crippen LogP contribution in [-0.2, 0) is 6.04 Å². The molecule has 0 fully saturated rings. The monoisotopic (exact) mass is 387 g/mol. The Labute approximate surface area is 167 Å². The van der Waals surface area contributed by atoms with Crippen molar-refractivity contribution in [2.75, 3.05) is 7.11 Å². The maximum Gasteiger partial charge on any atom is 0.226 e. The van der Waals surface area contributed by atoms with E-state index in [1.165, 1.54) is 10.8 Å². The molecule has 0 bridgehead atoms. The van der Waals surface area contributed by atoms with E-state index in [2.05, 4.69) is 62.1 Å². The summed E-state index contributed by atoms with van der Waals surface area (Å²) < 4.78 is 11.6. The number of oxazole rings is 1. The molecule has 0 spiro atoms. The molecule has 0 aliphatic heterocycles. The topological polar surface area (TPSA) is 35.3 Å². The standard InChI is InChI=1S/C24H25NO2Si/c1-26-19-14-12-18(13-15-19)24-25-23(22(27-24)16-28(2,3)4)21-11-7-9-17-8-5-6-10-20(17)21/h5-15H,16H2,1-4H3. The van der Waals surface area contributed by atoms with Crippen LogP contribution in [0.3, 0.4) is 0 Å². The smallest absolute Gasteiger partial charge is 0.226 e. The lowest BCUT2D eigenvalue weighted by atomic mass is 10.0. The molecule has 1 heterocycles. The van der Waals surface area contributed by atoms with Gasteiger partial charge < -0.3 is 9.15 Å². The van der Waals surface area contributed by atoms with E-state index < -0.39 is 8.07 Å². The Morgan fingerprint density at radius 2 is 1.61 bits per heavy atom. The number of ether oxygens (including phenoxy) is 1. The van der Waals surface area contributed by atoms with Crippen LogP contribution < -0.4 is 4.74 Å². The molecule has 0 radical (unpaired) electrons. The molecule has 3 aromatic carbocycles. The maximum absolute atomic E-state index is 6.34. The van der Waals surface area contributed by atoms with E-state index in [0.29, 0.717) is 5.89 Å². The molecular weight excluding hydrogens is 362 g/mol. The van der Waals surface area contributed by atoms with Crippen molar-refractivity contribution in [3.8, 4) is 28.5 Å². The Morgan fingerprint density at radius 3 is 2.32 bits per heavy atom. The van der Waals surface area contributed by atoms with Gasteiger partial charge in [-0.25, -0.2) is 4.98 Å². The highest BCUT2D eigenvalue weighted by Gasteiger charge is 2.24. The van der Waals surface area contributed by atoms with Crippen molar-refractivity contribution in [2.45, 2.75) is 25.7 Å². The molecule has 4 heteroatoms. The van der Waals surface area contributed by atoms with Crippen LogP contribution in [0.25, 0.3) is 33.5 Å². The molecule has 0 aliphatic carbocycles. The zero-order valence-corrected chi connectivity index (χ0v) is 17.8. The van der Waals surface area contributed by atoms with Gasteiger partial charge in [0.25, 0.3) is 0 Å². The summed E-state index contributed by atoms with van der Waals surface area (Å²) in [5, 5.41) is 2.42. The first kappa shape index (κ1) is 18.5. The van der Waals surface area contributed by atoms with Gasteiger partial charge in [-0.3, -0.25) is 0 Å². The van der Waals surface area contributed by atoms with Crippen molar-refractivity contribution < 1.29 is 9.15 Å². The highest BCUT2D eigenvalue weighted by atomic mass is 28.3.